The monoisotopic (exact) mass is 352 g/mol. The van der Waals surface area contributed by atoms with Crippen molar-refractivity contribution in [1.82, 2.24) is 19.7 Å². The van der Waals surface area contributed by atoms with Gasteiger partial charge in [0.25, 0.3) is 0 Å². The molecule has 130 valence electrons. The number of halogens is 1. The molecule has 0 aliphatic heterocycles. The van der Waals surface area contributed by atoms with Crippen molar-refractivity contribution in [2.45, 2.75) is 32.5 Å². The second-order valence-electron chi connectivity index (χ2n) is 5.79. The number of aliphatic carboxylic acids is 1. The molecule has 1 N–H and O–H groups in total. The van der Waals surface area contributed by atoms with Gasteiger partial charge in [-0.3, -0.25) is 9.69 Å². The van der Waals surface area contributed by atoms with Crippen molar-refractivity contribution in [2.75, 3.05) is 14.2 Å². The van der Waals surface area contributed by atoms with Crippen molar-refractivity contribution in [3.8, 4) is 5.75 Å². The van der Waals surface area contributed by atoms with Crippen LogP contribution in [0.1, 0.15) is 37.3 Å². The number of carboxylic acids is 1. The number of ether oxygens (including phenoxy) is 1. The molecule has 0 aliphatic rings. The number of benzene rings is 1. The average Bonchev–Trinajstić information content (AvgIpc) is 2.95. The van der Waals surface area contributed by atoms with Crippen LogP contribution in [0.4, 0.5) is 0 Å². The fourth-order valence-electron chi connectivity index (χ4n) is 2.60. The first-order valence-corrected chi connectivity index (χ1v) is 7.87. The largest absolute Gasteiger partial charge is 0.496 e. The van der Waals surface area contributed by atoms with Crippen LogP contribution in [0, 0.1) is 0 Å². The topological polar surface area (TPSA) is 80.5 Å². The maximum absolute atomic E-state index is 11.9. The summed E-state index contributed by atoms with van der Waals surface area (Å²) in [7, 11) is 3.22. The first kappa shape index (κ1) is 18.2. The summed E-state index contributed by atoms with van der Waals surface area (Å²) in [4.78, 5) is 13.6. The van der Waals surface area contributed by atoms with Crippen LogP contribution in [0.25, 0.3) is 0 Å². The zero-order valence-corrected chi connectivity index (χ0v) is 14.9. The molecule has 8 heteroatoms. The molecule has 2 aromatic rings. The van der Waals surface area contributed by atoms with E-state index >= 15 is 0 Å². The molecule has 1 heterocycles. The van der Waals surface area contributed by atoms with Gasteiger partial charge in [-0.1, -0.05) is 11.6 Å². The highest BCUT2D eigenvalue weighted by Crippen LogP contribution is 2.32. The molecule has 2 rings (SSSR count). The number of carboxylic acid groups (broad SMARTS) is 1. The van der Waals surface area contributed by atoms with Crippen molar-refractivity contribution < 1.29 is 14.6 Å². The number of nitrogens with zero attached hydrogens (tertiary/aromatic N) is 4. The summed E-state index contributed by atoms with van der Waals surface area (Å²) in [6.07, 6.45) is 1.64. The summed E-state index contributed by atoms with van der Waals surface area (Å²) in [6.45, 7) is 4.36. The quantitative estimate of drug-likeness (QED) is 0.825. The highest BCUT2D eigenvalue weighted by molar-refractivity contribution is 6.30. The highest BCUT2D eigenvalue weighted by Gasteiger charge is 2.29. The maximum atomic E-state index is 11.9. The Morgan fingerprint density at radius 3 is 2.75 bits per heavy atom. The average molecular weight is 353 g/mol. The van der Waals surface area contributed by atoms with E-state index in [1.165, 1.54) is 7.11 Å². The van der Waals surface area contributed by atoms with E-state index in [0.717, 1.165) is 0 Å². The van der Waals surface area contributed by atoms with E-state index in [2.05, 4.69) is 10.2 Å². The standard InChI is InChI=1S/C16H21ClN4O3/c1-10(2)21-9-18-19-14(21)8-20(3)15(16(22)23)12-7-11(17)5-6-13(12)24-4/h5-7,9-10,15H,8H2,1-4H3,(H,22,23). The Morgan fingerprint density at radius 1 is 1.46 bits per heavy atom. The van der Waals surface area contributed by atoms with E-state index in [4.69, 9.17) is 16.3 Å². The Bertz CT molecular complexity index is 717. The number of hydrogen-bond acceptors (Lipinski definition) is 5. The van der Waals surface area contributed by atoms with Gasteiger partial charge in [-0.15, -0.1) is 10.2 Å². The minimum absolute atomic E-state index is 0.187. The molecular formula is C16H21ClN4O3. The molecule has 0 spiro atoms. The Labute approximate surface area is 145 Å². The van der Waals surface area contributed by atoms with Crippen LogP contribution in [-0.2, 0) is 11.3 Å². The molecule has 1 atom stereocenters. The Morgan fingerprint density at radius 2 is 2.17 bits per heavy atom. The minimum atomic E-state index is -0.992. The minimum Gasteiger partial charge on any atom is -0.496 e. The van der Waals surface area contributed by atoms with E-state index in [0.29, 0.717) is 28.7 Å². The number of likely N-dealkylation sites (N-methyl/N-ethyl adjacent to an activating group) is 1. The van der Waals surface area contributed by atoms with Crippen LogP contribution in [0.3, 0.4) is 0 Å². The lowest BCUT2D eigenvalue weighted by molar-refractivity contribution is -0.143. The molecule has 0 saturated heterocycles. The predicted octanol–water partition coefficient (Wildman–Crippen LogP) is 2.78. The zero-order valence-electron chi connectivity index (χ0n) is 14.1. The second-order valence-corrected chi connectivity index (χ2v) is 6.23. The van der Waals surface area contributed by atoms with Gasteiger partial charge in [0.2, 0.25) is 0 Å². The van der Waals surface area contributed by atoms with E-state index in [-0.39, 0.29) is 6.04 Å². The summed E-state index contributed by atoms with van der Waals surface area (Å²) < 4.78 is 7.20. The van der Waals surface area contributed by atoms with Gasteiger partial charge in [0.15, 0.2) is 0 Å². The number of aromatic nitrogens is 3. The zero-order chi connectivity index (χ0) is 17.9. The van der Waals surface area contributed by atoms with Gasteiger partial charge in [-0.05, 0) is 39.1 Å². The van der Waals surface area contributed by atoms with Crippen LogP contribution < -0.4 is 4.74 Å². The molecule has 7 nitrogen and oxygen atoms in total. The third-order valence-corrected chi connectivity index (χ3v) is 3.99. The SMILES string of the molecule is COc1ccc(Cl)cc1C(C(=O)O)N(C)Cc1nncn1C(C)C. The summed E-state index contributed by atoms with van der Waals surface area (Å²) in [6, 6.07) is 4.21. The molecule has 1 unspecified atom stereocenters. The fourth-order valence-corrected chi connectivity index (χ4v) is 2.78. The lowest BCUT2D eigenvalue weighted by atomic mass is 10.0. The molecule has 0 aliphatic carbocycles. The summed E-state index contributed by atoms with van der Waals surface area (Å²) in [5.41, 5.74) is 0.496. The summed E-state index contributed by atoms with van der Waals surface area (Å²) >= 11 is 6.04. The van der Waals surface area contributed by atoms with Crippen LogP contribution in [0.5, 0.6) is 5.75 Å². The predicted molar refractivity (Wildman–Crippen MR) is 90.3 cm³/mol. The Hall–Kier alpha value is -2.12. The molecule has 0 amide bonds. The van der Waals surface area contributed by atoms with Crippen molar-refractivity contribution in [3.63, 3.8) is 0 Å². The van der Waals surface area contributed by atoms with Gasteiger partial charge in [-0.2, -0.15) is 0 Å². The van der Waals surface area contributed by atoms with Gasteiger partial charge >= 0.3 is 5.97 Å². The van der Waals surface area contributed by atoms with Crippen molar-refractivity contribution in [2.24, 2.45) is 0 Å². The molecule has 24 heavy (non-hydrogen) atoms. The Kier molecular flexibility index (Phi) is 5.80. The van der Waals surface area contributed by atoms with E-state index in [1.807, 2.05) is 18.4 Å². The first-order chi connectivity index (χ1) is 11.3. The maximum Gasteiger partial charge on any atom is 0.325 e. The number of hydrogen-bond donors (Lipinski definition) is 1. The lowest BCUT2D eigenvalue weighted by Crippen LogP contribution is -2.32. The van der Waals surface area contributed by atoms with Crippen LogP contribution >= 0.6 is 11.6 Å². The van der Waals surface area contributed by atoms with Gasteiger partial charge in [0, 0.05) is 16.6 Å². The summed E-state index contributed by atoms with van der Waals surface area (Å²) in [5, 5.41) is 18.2. The van der Waals surface area contributed by atoms with Crippen molar-refractivity contribution in [3.05, 3.63) is 40.9 Å². The third kappa shape index (κ3) is 3.85. The van der Waals surface area contributed by atoms with Crippen LogP contribution in [0.15, 0.2) is 24.5 Å². The van der Waals surface area contributed by atoms with Gasteiger partial charge in [0.05, 0.1) is 13.7 Å². The van der Waals surface area contributed by atoms with E-state index in [9.17, 15) is 9.90 Å². The number of carbonyl (C=O) groups is 1. The van der Waals surface area contributed by atoms with Gasteiger partial charge in [0.1, 0.15) is 23.9 Å². The van der Waals surface area contributed by atoms with Gasteiger partial charge in [-0.25, -0.2) is 0 Å². The fraction of sp³-hybridized carbons (Fsp3) is 0.438. The normalized spacial score (nSPS) is 12.6. The highest BCUT2D eigenvalue weighted by atomic mass is 35.5. The second kappa shape index (κ2) is 7.63. The number of methoxy groups -OCH3 is 1. The van der Waals surface area contributed by atoms with E-state index < -0.39 is 12.0 Å². The molecule has 1 aromatic heterocycles. The molecule has 0 radical (unpaired) electrons. The smallest absolute Gasteiger partial charge is 0.325 e. The van der Waals surface area contributed by atoms with E-state index in [1.54, 1.807) is 36.5 Å². The number of rotatable bonds is 7. The molecular weight excluding hydrogens is 332 g/mol. The summed E-state index contributed by atoms with van der Waals surface area (Å²) in [5.74, 6) is 0.178. The van der Waals surface area contributed by atoms with Crippen LogP contribution in [0.2, 0.25) is 5.02 Å². The molecule has 0 saturated carbocycles. The third-order valence-electron chi connectivity index (χ3n) is 3.76. The van der Waals surface area contributed by atoms with Crippen molar-refractivity contribution >= 4 is 17.6 Å². The van der Waals surface area contributed by atoms with Gasteiger partial charge < -0.3 is 14.4 Å². The first-order valence-electron chi connectivity index (χ1n) is 7.50. The van der Waals surface area contributed by atoms with Crippen LogP contribution in [-0.4, -0.2) is 44.9 Å². The Balaban J connectivity index is 2.36. The molecule has 0 fully saturated rings. The lowest BCUT2D eigenvalue weighted by Gasteiger charge is -2.26. The molecule has 0 bridgehead atoms. The van der Waals surface area contributed by atoms with Crippen molar-refractivity contribution in [1.29, 1.82) is 0 Å². The molecule has 1 aromatic carbocycles.